The van der Waals surface area contributed by atoms with Gasteiger partial charge in [0.15, 0.2) is 6.10 Å². The summed E-state index contributed by atoms with van der Waals surface area (Å²) in [5.41, 5.74) is 4.03. The Kier molecular flexibility index (Phi) is 4.96. The van der Waals surface area contributed by atoms with Gasteiger partial charge in [-0.15, -0.1) is 0 Å². The first-order valence-electron chi connectivity index (χ1n) is 9.49. The lowest BCUT2D eigenvalue weighted by atomic mass is 10.0. The van der Waals surface area contributed by atoms with Crippen molar-refractivity contribution in [2.45, 2.75) is 32.3 Å². The van der Waals surface area contributed by atoms with E-state index in [0.29, 0.717) is 16.8 Å². The van der Waals surface area contributed by atoms with Gasteiger partial charge in [0.2, 0.25) is 0 Å². The van der Waals surface area contributed by atoms with Crippen molar-refractivity contribution in [3.8, 4) is 6.07 Å². The predicted octanol–water partition coefficient (Wildman–Crippen LogP) is 3.78. The molecule has 1 atom stereocenters. The van der Waals surface area contributed by atoms with Crippen molar-refractivity contribution < 1.29 is 14.3 Å². The molecule has 29 heavy (non-hydrogen) atoms. The molecule has 6 nitrogen and oxygen atoms in total. The number of hydrogen-bond acceptors (Lipinski definition) is 5. The molecule has 3 aromatic rings. The van der Waals surface area contributed by atoms with Crippen LogP contribution in [-0.4, -0.2) is 23.0 Å². The topological polar surface area (TPSA) is 92.1 Å². The average Bonchev–Trinajstić information content (AvgIpc) is 3.19. The number of nitriles is 1. The third kappa shape index (κ3) is 3.67. The highest BCUT2D eigenvalue weighted by Crippen LogP contribution is 2.30. The molecule has 1 unspecified atom stereocenters. The zero-order valence-electron chi connectivity index (χ0n) is 15.9. The summed E-state index contributed by atoms with van der Waals surface area (Å²) in [4.78, 5) is 30.2. The number of rotatable bonds is 4. The molecule has 0 spiro atoms. The van der Waals surface area contributed by atoms with Crippen LogP contribution >= 0.6 is 0 Å². The Morgan fingerprint density at radius 2 is 2.00 bits per heavy atom. The second kappa shape index (κ2) is 7.72. The van der Waals surface area contributed by atoms with Crippen LogP contribution in [0.4, 0.5) is 5.69 Å². The van der Waals surface area contributed by atoms with E-state index in [2.05, 4.69) is 10.3 Å². The molecule has 0 radical (unpaired) electrons. The van der Waals surface area contributed by atoms with Gasteiger partial charge in [-0.3, -0.25) is 9.78 Å². The van der Waals surface area contributed by atoms with Crippen LogP contribution in [0.5, 0.6) is 0 Å². The summed E-state index contributed by atoms with van der Waals surface area (Å²) in [6, 6.07) is 16.1. The molecule has 6 heteroatoms. The lowest BCUT2D eigenvalue weighted by molar-refractivity contribution is -0.123. The van der Waals surface area contributed by atoms with E-state index in [9.17, 15) is 9.59 Å². The number of hydrogen-bond donors (Lipinski definition) is 1. The van der Waals surface area contributed by atoms with Crippen LogP contribution in [0, 0.1) is 11.3 Å². The molecule has 1 aliphatic carbocycles. The minimum atomic E-state index is -0.989. The second-order valence-electron chi connectivity index (χ2n) is 7.01. The number of amides is 1. The van der Waals surface area contributed by atoms with Crippen molar-refractivity contribution in [2.75, 3.05) is 5.32 Å². The quantitative estimate of drug-likeness (QED) is 0.690. The normalized spacial score (nSPS) is 13.4. The molecule has 0 aliphatic heterocycles. The summed E-state index contributed by atoms with van der Waals surface area (Å²) in [6.45, 7) is 1.53. The van der Waals surface area contributed by atoms with Gasteiger partial charge in [-0.05, 0) is 56.0 Å². The Bertz CT molecular complexity index is 1160. The van der Waals surface area contributed by atoms with Gasteiger partial charge in [0.05, 0.1) is 22.7 Å². The number of aromatic nitrogens is 1. The van der Waals surface area contributed by atoms with Gasteiger partial charge < -0.3 is 10.1 Å². The molecule has 1 N–H and O–H groups in total. The number of esters is 1. The molecule has 0 bridgehead atoms. The second-order valence-corrected chi connectivity index (χ2v) is 7.01. The summed E-state index contributed by atoms with van der Waals surface area (Å²) in [5.74, 6) is -0.973. The molecular weight excluding hydrogens is 366 g/mol. The Labute approximate surface area is 168 Å². The molecule has 0 saturated carbocycles. The molecule has 1 aromatic heterocycles. The van der Waals surface area contributed by atoms with Crippen LogP contribution in [-0.2, 0) is 22.4 Å². The molecule has 144 valence electrons. The third-order valence-corrected chi connectivity index (χ3v) is 5.04. The summed E-state index contributed by atoms with van der Waals surface area (Å²) >= 11 is 0. The number of fused-ring (bicyclic) bond motifs is 2. The van der Waals surface area contributed by atoms with E-state index in [4.69, 9.17) is 10.00 Å². The number of carbonyl (C=O) groups excluding carboxylic acids is 2. The highest BCUT2D eigenvalue weighted by molar-refractivity contribution is 6.06. The SMILES string of the molecule is CC(OC(=O)c1c2c(nc3ccccc13)CCC2)C(=O)Nc1cccc(C#N)c1. The van der Waals surface area contributed by atoms with E-state index in [1.807, 2.05) is 30.3 Å². The summed E-state index contributed by atoms with van der Waals surface area (Å²) in [7, 11) is 0. The molecule has 1 amide bonds. The lowest BCUT2D eigenvalue weighted by Gasteiger charge is -2.16. The van der Waals surface area contributed by atoms with Crippen molar-refractivity contribution in [3.05, 3.63) is 70.9 Å². The smallest absolute Gasteiger partial charge is 0.339 e. The fraction of sp³-hybridized carbons (Fsp3) is 0.217. The first kappa shape index (κ1) is 18.6. The number of pyridine rings is 1. The Balaban J connectivity index is 1.56. The maximum Gasteiger partial charge on any atom is 0.339 e. The van der Waals surface area contributed by atoms with Crippen LogP contribution in [0.3, 0.4) is 0 Å². The maximum atomic E-state index is 13.0. The minimum Gasteiger partial charge on any atom is -0.449 e. The molecule has 2 aromatic carbocycles. The number of para-hydroxylation sites is 1. The monoisotopic (exact) mass is 385 g/mol. The van der Waals surface area contributed by atoms with Crippen molar-refractivity contribution in [3.63, 3.8) is 0 Å². The van der Waals surface area contributed by atoms with Gasteiger partial charge in [0.1, 0.15) is 0 Å². The van der Waals surface area contributed by atoms with E-state index in [1.165, 1.54) is 6.92 Å². The van der Waals surface area contributed by atoms with Crippen LogP contribution in [0.1, 0.15) is 40.5 Å². The Morgan fingerprint density at radius 1 is 1.17 bits per heavy atom. The number of benzene rings is 2. The standard InChI is InChI=1S/C23H19N3O3/c1-14(22(27)25-16-7-4-6-15(12-16)13-24)29-23(28)21-17-8-2-3-10-19(17)26-20-11-5-9-18(20)21/h2-4,6-8,10,12,14H,5,9,11H2,1H3,(H,25,27). The van der Waals surface area contributed by atoms with Gasteiger partial charge in [-0.1, -0.05) is 24.3 Å². The van der Waals surface area contributed by atoms with Crippen molar-refractivity contribution in [1.82, 2.24) is 4.98 Å². The summed E-state index contributed by atoms with van der Waals surface area (Å²) < 4.78 is 5.52. The number of aryl methyl sites for hydroxylation is 1. The number of nitrogens with one attached hydrogen (secondary N) is 1. The van der Waals surface area contributed by atoms with Crippen LogP contribution in [0.25, 0.3) is 10.9 Å². The lowest BCUT2D eigenvalue weighted by Crippen LogP contribution is -2.30. The van der Waals surface area contributed by atoms with E-state index < -0.39 is 18.0 Å². The fourth-order valence-corrected chi connectivity index (χ4v) is 3.63. The van der Waals surface area contributed by atoms with Gasteiger partial charge in [-0.2, -0.15) is 5.26 Å². The highest BCUT2D eigenvalue weighted by Gasteiger charge is 2.27. The number of nitrogens with zero attached hydrogens (tertiary/aromatic N) is 2. The van der Waals surface area contributed by atoms with Crippen LogP contribution < -0.4 is 5.32 Å². The fourth-order valence-electron chi connectivity index (χ4n) is 3.63. The minimum absolute atomic E-state index is 0.436. The Morgan fingerprint density at radius 3 is 2.83 bits per heavy atom. The number of ether oxygens (including phenoxy) is 1. The largest absolute Gasteiger partial charge is 0.449 e. The molecule has 1 heterocycles. The first-order chi connectivity index (χ1) is 14.1. The summed E-state index contributed by atoms with van der Waals surface area (Å²) in [5, 5.41) is 12.4. The van der Waals surface area contributed by atoms with E-state index in [1.54, 1.807) is 24.3 Å². The van der Waals surface area contributed by atoms with E-state index in [0.717, 1.165) is 41.4 Å². The van der Waals surface area contributed by atoms with Gasteiger partial charge in [-0.25, -0.2) is 4.79 Å². The molecule has 1 aliphatic rings. The van der Waals surface area contributed by atoms with Gasteiger partial charge in [0, 0.05) is 16.8 Å². The highest BCUT2D eigenvalue weighted by atomic mass is 16.5. The molecule has 0 saturated heterocycles. The third-order valence-electron chi connectivity index (χ3n) is 5.04. The number of anilines is 1. The molecular formula is C23H19N3O3. The Hall–Kier alpha value is -3.72. The van der Waals surface area contributed by atoms with Gasteiger partial charge in [0.25, 0.3) is 5.91 Å². The van der Waals surface area contributed by atoms with Crippen molar-refractivity contribution in [2.24, 2.45) is 0 Å². The molecule has 4 rings (SSSR count). The zero-order valence-corrected chi connectivity index (χ0v) is 15.9. The predicted molar refractivity (Wildman–Crippen MR) is 108 cm³/mol. The van der Waals surface area contributed by atoms with Crippen LogP contribution in [0.2, 0.25) is 0 Å². The van der Waals surface area contributed by atoms with Crippen molar-refractivity contribution >= 4 is 28.5 Å². The maximum absolute atomic E-state index is 13.0. The van der Waals surface area contributed by atoms with E-state index >= 15 is 0 Å². The average molecular weight is 385 g/mol. The number of carbonyl (C=O) groups is 2. The van der Waals surface area contributed by atoms with Gasteiger partial charge >= 0.3 is 5.97 Å². The molecule has 0 fully saturated rings. The van der Waals surface area contributed by atoms with Crippen LogP contribution in [0.15, 0.2) is 48.5 Å². The first-order valence-corrected chi connectivity index (χ1v) is 9.49. The van der Waals surface area contributed by atoms with E-state index in [-0.39, 0.29) is 0 Å². The summed E-state index contributed by atoms with van der Waals surface area (Å²) in [6.07, 6.45) is 1.58. The van der Waals surface area contributed by atoms with Crippen molar-refractivity contribution in [1.29, 1.82) is 5.26 Å². The zero-order chi connectivity index (χ0) is 20.4.